The van der Waals surface area contributed by atoms with Gasteiger partial charge in [-0.1, -0.05) is 69.6 Å². The maximum atomic E-state index is 12.8. The fourth-order valence-corrected chi connectivity index (χ4v) is 3.13. The lowest BCUT2D eigenvalue weighted by atomic mass is 10.2. The number of rotatable bonds is 6. The highest BCUT2D eigenvalue weighted by molar-refractivity contribution is 6.68. The second kappa shape index (κ2) is 10.1. The van der Waals surface area contributed by atoms with Gasteiger partial charge >= 0.3 is 6.18 Å². The molecule has 0 saturated heterocycles. The predicted molar refractivity (Wildman–Crippen MR) is 114 cm³/mol. The van der Waals surface area contributed by atoms with Crippen LogP contribution in [0.2, 0.25) is 15.1 Å². The molecule has 30 heavy (non-hydrogen) atoms. The molecule has 0 fully saturated rings. The number of nitrogens with one attached hydrogen (secondary N) is 2. The van der Waals surface area contributed by atoms with Gasteiger partial charge in [0.1, 0.15) is 11.9 Å². The molecule has 2 aromatic carbocycles. The SMILES string of the molecule is O=C(COc1ccc(Cl)cc1Cl)NC(Nc1ccc(C(F)(F)F)cc1Cl)C(Cl)(Cl)Cl. The summed E-state index contributed by atoms with van der Waals surface area (Å²) < 4.78 is 41.5. The van der Waals surface area contributed by atoms with Gasteiger partial charge in [0.25, 0.3) is 5.91 Å². The Balaban J connectivity index is 2.08. The molecule has 164 valence electrons. The Bertz CT molecular complexity index is 921. The van der Waals surface area contributed by atoms with Crippen molar-refractivity contribution in [3.05, 3.63) is 57.0 Å². The molecule has 1 atom stereocenters. The zero-order valence-electron chi connectivity index (χ0n) is 14.5. The van der Waals surface area contributed by atoms with Gasteiger partial charge in [0.2, 0.25) is 3.79 Å². The van der Waals surface area contributed by atoms with Crippen molar-refractivity contribution in [2.75, 3.05) is 11.9 Å². The monoisotopic (exact) mass is 542 g/mol. The van der Waals surface area contributed by atoms with Crippen molar-refractivity contribution in [3.63, 3.8) is 0 Å². The average Bonchev–Trinajstić information content (AvgIpc) is 2.60. The van der Waals surface area contributed by atoms with E-state index in [2.05, 4.69) is 10.6 Å². The number of amides is 1. The molecule has 4 nitrogen and oxygen atoms in total. The molecular weight excluding hydrogens is 534 g/mol. The van der Waals surface area contributed by atoms with E-state index in [4.69, 9.17) is 74.3 Å². The Morgan fingerprint density at radius 3 is 2.20 bits per heavy atom. The van der Waals surface area contributed by atoms with Crippen molar-refractivity contribution in [3.8, 4) is 5.75 Å². The third kappa shape index (κ3) is 7.32. The van der Waals surface area contributed by atoms with Crippen molar-refractivity contribution < 1.29 is 22.7 Å². The summed E-state index contributed by atoms with van der Waals surface area (Å²) in [6.45, 7) is -0.499. The van der Waals surface area contributed by atoms with E-state index in [1.165, 1.54) is 18.2 Å². The molecule has 0 spiro atoms. The molecular formula is C17H11Cl6F3N2O2. The second-order valence-electron chi connectivity index (χ2n) is 5.74. The van der Waals surface area contributed by atoms with Crippen LogP contribution in [-0.4, -0.2) is 22.5 Å². The zero-order valence-corrected chi connectivity index (χ0v) is 19.0. The van der Waals surface area contributed by atoms with Crippen LogP contribution in [0.4, 0.5) is 18.9 Å². The number of hydrogen-bond acceptors (Lipinski definition) is 3. The summed E-state index contributed by atoms with van der Waals surface area (Å²) in [5, 5.41) is 5.22. The van der Waals surface area contributed by atoms with Gasteiger partial charge in [-0.15, -0.1) is 0 Å². The standard InChI is InChI=1S/C17H11Cl6F3N2O2/c18-9-2-4-13(11(20)6-9)30-7-14(29)28-15(16(21,22)23)27-12-3-1-8(5-10(12)19)17(24,25)26/h1-6,15,27H,7H2,(H,28,29). The van der Waals surface area contributed by atoms with E-state index >= 15 is 0 Å². The Labute approximate surface area is 199 Å². The van der Waals surface area contributed by atoms with Crippen molar-refractivity contribution in [2.24, 2.45) is 0 Å². The van der Waals surface area contributed by atoms with Crippen LogP contribution in [0.1, 0.15) is 5.56 Å². The number of alkyl halides is 6. The quantitative estimate of drug-likeness (QED) is 0.305. The molecule has 0 radical (unpaired) electrons. The van der Waals surface area contributed by atoms with Crippen molar-refractivity contribution in [1.82, 2.24) is 5.32 Å². The highest BCUT2D eigenvalue weighted by atomic mass is 35.6. The van der Waals surface area contributed by atoms with Crippen LogP contribution in [0.25, 0.3) is 0 Å². The van der Waals surface area contributed by atoms with Gasteiger partial charge < -0.3 is 15.4 Å². The van der Waals surface area contributed by atoms with Gasteiger partial charge in [0.05, 0.1) is 21.3 Å². The minimum atomic E-state index is -4.58. The summed E-state index contributed by atoms with van der Waals surface area (Å²) in [6.07, 6.45) is -5.93. The lowest BCUT2D eigenvalue weighted by molar-refractivity contribution is -0.137. The van der Waals surface area contributed by atoms with Crippen LogP contribution < -0.4 is 15.4 Å². The van der Waals surface area contributed by atoms with E-state index in [0.29, 0.717) is 11.1 Å². The number of anilines is 1. The molecule has 0 saturated carbocycles. The Kier molecular flexibility index (Phi) is 8.52. The molecule has 0 heterocycles. The Hall–Kier alpha value is -0.960. The van der Waals surface area contributed by atoms with E-state index in [1.807, 2.05) is 0 Å². The van der Waals surface area contributed by atoms with Crippen LogP contribution in [0, 0.1) is 0 Å². The van der Waals surface area contributed by atoms with Crippen LogP contribution in [0.15, 0.2) is 36.4 Å². The molecule has 2 N–H and O–H groups in total. The van der Waals surface area contributed by atoms with Crippen LogP contribution in [0.3, 0.4) is 0 Å². The average molecular weight is 545 g/mol. The van der Waals surface area contributed by atoms with Crippen molar-refractivity contribution in [1.29, 1.82) is 0 Å². The third-order valence-corrected chi connectivity index (χ3v) is 4.98. The van der Waals surface area contributed by atoms with Gasteiger partial charge in [0, 0.05) is 5.02 Å². The lowest BCUT2D eigenvalue weighted by Crippen LogP contribution is -2.50. The molecule has 0 aliphatic rings. The molecule has 13 heteroatoms. The van der Waals surface area contributed by atoms with Gasteiger partial charge in [-0.2, -0.15) is 13.2 Å². The molecule has 0 aliphatic carbocycles. The first-order valence-electron chi connectivity index (χ1n) is 7.84. The molecule has 1 amide bonds. The highest BCUT2D eigenvalue weighted by Gasteiger charge is 2.35. The number of halogens is 9. The molecule has 2 rings (SSSR count). The first-order valence-corrected chi connectivity index (χ1v) is 10.1. The van der Waals surface area contributed by atoms with E-state index in [9.17, 15) is 18.0 Å². The lowest BCUT2D eigenvalue weighted by Gasteiger charge is -2.28. The number of ether oxygens (including phenoxy) is 1. The smallest absolute Gasteiger partial charge is 0.416 e. The molecule has 0 bridgehead atoms. The third-order valence-electron chi connectivity index (χ3n) is 3.48. The summed E-state index contributed by atoms with van der Waals surface area (Å²) in [5.41, 5.74) is -0.955. The van der Waals surface area contributed by atoms with E-state index < -0.39 is 34.2 Å². The second-order valence-corrected chi connectivity index (χ2v) is 9.36. The largest absolute Gasteiger partial charge is 0.482 e. The Morgan fingerprint density at radius 1 is 1.00 bits per heavy atom. The molecule has 1 unspecified atom stereocenters. The molecule has 0 aliphatic heterocycles. The molecule has 0 aromatic heterocycles. The number of carbonyl (C=O) groups is 1. The Morgan fingerprint density at radius 2 is 1.67 bits per heavy atom. The van der Waals surface area contributed by atoms with Crippen molar-refractivity contribution >= 4 is 81.2 Å². The summed E-state index contributed by atoms with van der Waals surface area (Å²) >= 11 is 35.2. The minimum absolute atomic E-state index is 0.00274. The van der Waals surface area contributed by atoms with E-state index in [-0.39, 0.29) is 21.5 Å². The number of carbonyl (C=O) groups excluding carboxylic acids is 1. The summed E-state index contributed by atoms with van der Waals surface area (Å²) in [4.78, 5) is 12.2. The van der Waals surface area contributed by atoms with E-state index in [0.717, 1.165) is 12.1 Å². The zero-order chi connectivity index (χ0) is 22.7. The summed E-state index contributed by atoms with van der Waals surface area (Å²) in [7, 11) is 0. The first-order chi connectivity index (χ1) is 13.8. The summed E-state index contributed by atoms with van der Waals surface area (Å²) in [6, 6.07) is 6.94. The predicted octanol–water partition coefficient (Wildman–Crippen LogP) is 6.97. The van der Waals surface area contributed by atoms with E-state index in [1.54, 1.807) is 0 Å². The number of benzene rings is 2. The van der Waals surface area contributed by atoms with Crippen LogP contribution in [0.5, 0.6) is 5.75 Å². The van der Waals surface area contributed by atoms with Gasteiger partial charge in [-0.25, -0.2) is 0 Å². The van der Waals surface area contributed by atoms with Gasteiger partial charge in [-0.05, 0) is 36.4 Å². The first kappa shape index (κ1) is 25.3. The molecule has 2 aromatic rings. The van der Waals surface area contributed by atoms with Crippen LogP contribution >= 0.6 is 69.6 Å². The van der Waals surface area contributed by atoms with Crippen LogP contribution in [-0.2, 0) is 11.0 Å². The highest BCUT2D eigenvalue weighted by Crippen LogP contribution is 2.36. The summed E-state index contributed by atoms with van der Waals surface area (Å²) in [5.74, 6) is -0.520. The number of hydrogen-bond donors (Lipinski definition) is 2. The van der Waals surface area contributed by atoms with Gasteiger partial charge in [0.15, 0.2) is 6.61 Å². The topological polar surface area (TPSA) is 50.4 Å². The minimum Gasteiger partial charge on any atom is -0.482 e. The maximum Gasteiger partial charge on any atom is 0.416 e. The normalized spacial score (nSPS) is 13.0. The van der Waals surface area contributed by atoms with Gasteiger partial charge in [-0.3, -0.25) is 4.79 Å². The fourth-order valence-electron chi connectivity index (χ4n) is 2.10. The fraction of sp³-hybridized carbons (Fsp3) is 0.235. The van der Waals surface area contributed by atoms with Crippen molar-refractivity contribution in [2.45, 2.75) is 16.1 Å². The maximum absolute atomic E-state index is 12.8.